The quantitative estimate of drug-likeness (QED) is 0.724. The van der Waals surface area contributed by atoms with Crippen LogP contribution in [-0.2, 0) is 6.42 Å². The molecule has 1 nitrogen and oxygen atoms in total. The largest absolute Gasteiger partial charge is 0.323 e. The Labute approximate surface area is 123 Å². The first-order chi connectivity index (χ1) is 9.13. The second-order valence-electron chi connectivity index (χ2n) is 4.34. The third-order valence-corrected chi connectivity index (χ3v) is 5.57. The molecule has 0 bridgehead atoms. The number of rotatable bonds is 3. The van der Waals surface area contributed by atoms with Gasteiger partial charge in [-0.3, -0.25) is 0 Å². The average Bonchev–Trinajstić information content (AvgIpc) is 2.94. The standard InChI is InChI=1S/C14H11ClFNS2/c15-10-2-1-9(16)5-8(10)6-11(17)13-7-14-12(19-13)3-4-18-14/h1-5,7,11H,6,17H2. The van der Waals surface area contributed by atoms with E-state index in [1.807, 2.05) is 0 Å². The number of benzene rings is 1. The fourth-order valence-corrected chi connectivity index (χ4v) is 4.32. The number of fused-ring (bicyclic) bond motifs is 1. The molecular weight excluding hydrogens is 301 g/mol. The van der Waals surface area contributed by atoms with Crippen molar-refractivity contribution in [3.05, 3.63) is 57.0 Å². The molecule has 0 fully saturated rings. The molecule has 5 heteroatoms. The van der Waals surface area contributed by atoms with Gasteiger partial charge in [0.1, 0.15) is 5.82 Å². The maximum Gasteiger partial charge on any atom is 0.123 e. The third-order valence-electron chi connectivity index (χ3n) is 2.97. The van der Waals surface area contributed by atoms with Gasteiger partial charge in [-0.15, -0.1) is 22.7 Å². The van der Waals surface area contributed by atoms with E-state index in [0.29, 0.717) is 11.4 Å². The van der Waals surface area contributed by atoms with Crippen LogP contribution in [0.15, 0.2) is 35.7 Å². The van der Waals surface area contributed by atoms with Crippen molar-refractivity contribution in [2.75, 3.05) is 0 Å². The summed E-state index contributed by atoms with van der Waals surface area (Å²) in [5, 5.41) is 2.63. The highest BCUT2D eigenvalue weighted by Crippen LogP contribution is 2.34. The fourth-order valence-electron chi connectivity index (χ4n) is 2.00. The highest BCUT2D eigenvalue weighted by molar-refractivity contribution is 7.26. The molecule has 3 rings (SSSR count). The predicted octanol–water partition coefficient (Wildman–Crippen LogP) is 5.00. The molecule has 0 saturated heterocycles. The third kappa shape index (κ3) is 2.67. The first-order valence-corrected chi connectivity index (χ1v) is 7.87. The van der Waals surface area contributed by atoms with Crippen molar-refractivity contribution < 1.29 is 4.39 Å². The van der Waals surface area contributed by atoms with Crippen LogP contribution in [0.3, 0.4) is 0 Å². The van der Waals surface area contributed by atoms with Crippen molar-refractivity contribution in [2.45, 2.75) is 12.5 Å². The Kier molecular flexibility index (Phi) is 3.58. The Hall–Kier alpha value is -0.940. The summed E-state index contributed by atoms with van der Waals surface area (Å²) in [6.07, 6.45) is 0.546. The Balaban J connectivity index is 1.86. The minimum absolute atomic E-state index is 0.149. The maximum absolute atomic E-state index is 13.2. The molecule has 19 heavy (non-hydrogen) atoms. The highest BCUT2D eigenvalue weighted by atomic mass is 35.5. The minimum atomic E-state index is -0.279. The van der Waals surface area contributed by atoms with E-state index in [2.05, 4.69) is 17.5 Å². The van der Waals surface area contributed by atoms with Gasteiger partial charge < -0.3 is 5.73 Å². The number of halogens is 2. The predicted molar refractivity (Wildman–Crippen MR) is 81.7 cm³/mol. The van der Waals surface area contributed by atoms with E-state index in [4.69, 9.17) is 17.3 Å². The van der Waals surface area contributed by atoms with Crippen LogP contribution >= 0.6 is 34.3 Å². The van der Waals surface area contributed by atoms with E-state index in [9.17, 15) is 4.39 Å². The second-order valence-corrected chi connectivity index (χ2v) is 6.81. The van der Waals surface area contributed by atoms with E-state index >= 15 is 0 Å². The monoisotopic (exact) mass is 311 g/mol. The summed E-state index contributed by atoms with van der Waals surface area (Å²) in [7, 11) is 0. The van der Waals surface area contributed by atoms with Gasteiger partial charge in [0.05, 0.1) is 0 Å². The van der Waals surface area contributed by atoms with Crippen molar-refractivity contribution in [2.24, 2.45) is 5.73 Å². The van der Waals surface area contributed by atoms with Crippen molar-refractivity contribution in [1.29, 1.82) is 0 Å². The fraction of sp³-hybridized carbons (Fsp3) is 0.143. The lowest BCUT2D eigenvalue weighted by molar-refractivity contribution is 0.622. The van der Waals surface area contributed by atoms with Crippen LogP contribution in [0.25, 0.3) is 9.40 Å². The molecule has 0 spiro atoms. The van der Waals surface area contributed by atoms with Crippen molar-refractivity contribution in [3.8, 4) is 0 Å². The molecule has 1 aromatic carbocycles. The van der Waals surface area contributed by atoms with Crippen LogP contribution in [0.5, 0.6) is 0 Å². The smallest absolute Gasteiger partial charge is 0.123 e. The van der Waals surface area contributed by atoms with Gasteiger partial charge in [0.15, 0.2) is 0 Å². The van der Waals surface area contributed by atoms with Crippen molar-refractivity contribution >= 4 is 43.7 Å². The van der Waals surface area contributed by atoms with Crippen LogP contribution < -0.4 is 5.73 Å². The Bertz CT molecular complexity index is 691. The second kappa shape index (κ2) is 5.21. The Morgan fingerprint density at radius 1 is 1.21 bits per heavy atom. The van der Waals surface area contributed by atoms with Gasteiger partial charge in [0.25, 0.3) is 0 Å². The molecule has 1 atom stereocenters. The zero-order valence-corrected chi connectivity index (χ0v) is 12.3. The molecular formula is C14H11ClFNS2. The van der Waals surface area contributed by atoms with Gasteiger partial charge in [-0.05, 0) is 47.7 Å². The van der Waals surface area contributed by atoms with E-state index in [-0.39, 0.29) is 11.9 Å². The zero-order chi connectivity index (χ0) is 13.4. The van der Waals surface area contributed by atoms with Gasteiger partial charge in [-0.1, -0.05) is 11.6 Å². The van der Waals surface area contributed by atoms with E-state index in [0.717, 1.165) is 10.4 Å². The first-order valence-electron chi connectivity index (χ1n) is 5.80. The van der Waals surface area contributed by atoms with Crippen LogP contribution in [0.4, 0.5) is 4.39 Å². The van der Waals surface area contributed by atoms with Gasteiger partial charge in [-0.2, -0.15) is 0 Å². The number of hydrogen-bond donors (Lipinski definition) is 1. The highest BCUT2D eigenvalue weighted by Gasteiger charge is 2.13. The summed E-state index contributed by atoms with van der Waals surface area (Å²) in [4.78, 5) is 1.11. The van der Waals surface area contributed by atoms with Gasteiger partial charge >= 0.3 is 0 Å². The molecule has 98 valence electrons. The van der Waals surface area contributed by atoms with E-state index < -0.39 is 0 Å². The molecule has 2 N–H and O–H groups in total. The minimum Gasteiger partial charge on any atom is -0.323 e. The molecule has 0 aliphatic heterocycles. The normalized spacial score (nSPS) is 13.0. The summed E-state index contributed by atoms with van der Waals surface area (Å²) in [6, 6.07) is 8.45. The summed E-state index contributed by atoms with van der Waals surface area (Å²) in [6.45, 7) is 0. The lowest BCUT2D eigenvalue weighted by atomic mass is 10.1. The summed E-state index contributed by atoms with van der Waals surface area (Å²) >= 11 is 9.46. The summed E-state index contributed by atoms with van der Waals surface area (Å²) < 4.78 is 15.7. The van der Waals surface area contributed by atoms with Crippen LogP contribution in [0.2, 0.25) is 5.02 Å². The first kappa shape index (κ1) is 13.1. The lowest BCUT2D eigenvalue weighted by Gasteiger charge is -2.11. The van der Waals surface area contributed by atoms with Gasteiger partial charge in [0.2, 0.25) is 0 Å². The lowest BCUT2D eigenvalue weighted by Crippen LogP contribution is -2.12. The van der Waals surface area contributed by atoms with Crippen LogP contribution in [0.1, 0.15) is 16.5 Å². The molecule has 0 aliphatic rings. The van der Waals surface area contributed by atoms with Crippen LogP contribution in [-0.4, -0.2) is 0 Å². The Morgan fingerprint density at radius 2 is 2.05 bits per heavy atom. The molecule has 2 heterocycles. The molecule has 0 radical (unpaired) electrons. The van der Waals surface area contributed by atoms with Crippen molar-refractivity contribution in [3.63, 3.8) is 0 Å². The van der Waals surface area contributed by atoms with Gasteiger partial charge in [0, 0.05) is 25.3 Å². The maximum atomic E-state index is 13.2. The van der Waals surface area contributed by atoms with Crippen LogP contribution in [0, 0.1) is 5.82 Å². The summed E-state index contributed by atoms with van der Waals surface area (Å²) in [5.74, 6) is -0.279. The average molecular weight is 312 g/mol. The molecule has 0 aliphatic carbocycles. The molecule has 3 aromatic rings. The number of hydrogen-bond acceptors (Lipinski definition) is 3. The number of thiophene rings is 2. The SMILES string of the molecule is NC(Cc1cc(F)ccc1Cl)c1cc2sccc2s1. The topological polar surface area (TPSA) is 26.0 Å². The summed E-state index contributed by atoms with van der Waals surface area (Å²) in [5.41, 5.74) is 6.96. The molecule has 0 saturated carbocycles. The van der Waals surface area contributed by atoms with Crippen molar-refractivity contribution in [1.82, 2.24) is 0 Å². The van der Waals surface area contributed by atoms with Gasteiger partial charge in [-0.25, -0.2) is 4.39 Å². The molecule has 0 amide bonds. The zero-order valence-electron chi connectivity index (χ0n) is 9.90. The number of nitrogens with two attached hydrogens (primary N) is 1. The Morgan fingerprint density at radius 3 is 2.84 bits per heavy atom. The van der Waals surface area contributed by atoms with E-state index in [1.54, 1.807) is 28.7 Å². The van der Waals surface area contributed by atoms with E-state index in [1.165, 1.54) is 21.5 Å². The molecule has 2 aromatic heterocycles. The molecule has 1 unspecified atom stereocenters.